The molecule has 0 N–H and O–H groups in total. The first-order valence-electron chi connectivity index (χ1n) is 17.3. The second-order valence-electron chi connectivity index (χ2n) is 15.2. The Labute approximate surface area is 289 Å². The molecule has 2 heterocycles. The predicted octanol–water partition coefficient (Wildman–Crippen LogP) is 12.8. The minimum Gasteiger partial charge on any atom is -0.316 e. The van der Waals surface area contributed by atoms with Crippen molar-refractivity contribution < 1.29 is 0 Å². The Morgan fingerprint density at radius 1 is 0.408 bits per heavy atom. The Kier molecular flexibility index (Phi) is 7.26. The van der Waals surface area contributed by atoms with Gasteiger partial charge in [-0.2, -0.15) is 0 Å². The molecule has 0 radical (unpaired) electrons. The first-order valence-corrected chi connectivity index (χ1v) is 17.3. The number of benzene rings is 6. The van der Waals surface area contributed by atoms with E-state index >= 15 is 0 Å². The number of hydrogen-bond donors (Lipinski definition) is 0. The maximum Gasteiger partial charge on any atom is 0.0635 e. The van der Waals surface area contributed by atoms with Crippen molar-refractivity contribution in [2.75, 3.05) is 4.90 Å². The highest BCUT2D eigenvalue weighted by Gasteiger charge is 2.20. The molecule has 0 aliphatic carbocycles. The Morgan fingerprint density at radius 2 is 0.939 bits per heavy atom. The van der Waals surface area contributed by atoms with Crippen molar-refractivity contribution in [2.24, 2.45) is 0 Å². The summed E-state index contributed by atoms with van der Waals surface area (Å²) in [6, 6.07) is 53.3. The normalized spacial score (nSPS) is 12.3. The van der Waals surface area contributed by atoms with Crippen LogP contribution in [-0.4, -0.2) is 9.13 Å². The fourth-order valence-corrected chi connectivity index (χ4v) is 7.18. The van der Waals surface area contributed by atoms with E-state index in [0.29, 0.717) is 0 Å². The molecule has 2 aromatic heterocycles. The highest BCUT2D eigenvalue weighted by molar-refractivity contribution is 6.18. The lowest BCUT2D eigenvalue weighted by atomic mass is 9.86. The van der Waals surface area contributed by atoms with E-state index in [1.54, 1.807) is 0 Å². The van der Waals surface area contributed by atoms with E-state index in [0.717, 1.165) is 22.7 Å². The highest BCUT2D eigenvalue weighted by atomic mass is 15.1. The zero-order valence-corrected chi connectivity index (χ0v) is 29.3. The van der Waals surface area contributed by atoms with Crippen molar-refractivity contribution in [3.63, 3.8) is 0 Å². The lowest BCUT2D eigenvalue weighted by Gasteiger charge is -2.28. The topological polar surface area (TPSA) is 13.1 Å². The number of nitrogens with zero attached hydrogens (tertiary/aromatic N) is 3. The molecule has 0 aliphatic heterocycles. The van der Waals surface area contributed by atoms with Gasteiger partial charge in [0.05, 0.1) is 16.6 Å². The number of anilines is 3. The van der Waals surface area contributed by atoms with E-state index in [1.165, 1.54) is 49.5 Å². The van der Waals surface area contributed by atoms with Crippen LogP contribution in [0.15, 0.2) is 152 Å². The van der Waals surface area contributed by atoms with Gasteiger partial charge >= 0.3 is 0 Å². The van der Waals surface area contributed by atoms with Gasteiger partial charge in [-0.25, -0.2) is 0 Å². The van der Waals surface area contributed by atoms with Crippen LogP contribution in [0.1, 0.15) is 52.7 Å². The van der Waals surface area contributed by atoms with E-state index in [2.05, 4.69) is 207 Å². The molecule has 0 spiro atoms. The third kappa shape index (κ3) is 5.40. The number of rotatable bonds is 5. The summed E-state index contributed by atoms with van der Waals surface area (Å²) in [7, 11) is 0. The van der Waals surface area contributed by atoms with E-state index in [4.69, 9.17) is 0 Å². The molecule has 0 unspecified atom stereocenters. The van der Waals surface area contributed by atoms with Crippen LogP contribution < -0.4 is 4.90 Å². The van der Waals surface area contributed by atoms with Crippen molar-refractivity contribution >= 4 is 49.8 Å². The largest absolute Gasteiger partial charge is 0.316 e. The first-order chi connectivity index (χ1) is 23.6. The molecule has 0 saturated carbocycles. The minimum absolute atomic E-state index is 0.0972. The summed E-state index contributed by atoms with van der Waals surface area (Å²) in [5.41, 5.74) is 12.2. The molecule has 242 valence electrons. The fraction of sp³-hybridized carbons (Fsp3) is 0.174. The fourth-order valence-electron chi connectivity index (χ4n) is 7.18. The molecule has 3 nitrogen and oxygen atoms in total. The molecule has 0 fully saturated rings. The van der Waals surface area contributed by atoms with Gasteiger partial charge in [0.2, 0.25) is 0 Å². The van der Waals surface area contributed by atoms with Crippen molar-refractivity contribution in [2.45, 2.75) is 52.4 Å². The Bertz CT molecular complexity index is 2350. The number of fused-ring (bicyclic) bond motifs is 5. The van der Waals surface area contributed by atoms with Crippen LogP contribution in [0.25, 0.3) is 44.1 Å². The van der Waals surface area contributed by atoms with Gasteiger partial charge in [0.15, 0.2) is 0 Å². The van der Waals surface area contributed by atoms with E-state index in [1.807, 2.05) is 0 Å². The molecular weight excluding hydrogens is 595 g/mol. The number of para-hydroxylation sites is 2. The van der Waals surface area contributed by atoms with Gasteiger partial charge in [-0.1, -0.05) is 108 Å². The zero-order valence-electron chi connectivity index (χ0n) is 29.3. The summed E-state index contributed by atoms with van der Waals surface area (Å²) in [6.07, 6.45) is 2.21. The van der Waals surface area contributed by atoms with Gasteiger partial charge in [0.25, 0.3) is 0 Å². The zero-order chi connectivity index (χ0) is 33.9. The van der Waals surface area contributed by atoms with E-state index < -0.39 is 0 Å². The third-order valence-corrected chi connectivity index (χ3v) is 9.89. The molecule has 49 heavy (non-hydrogen) atoms. The Balaban J connectivity index is 1.23. The van der Waals surface area contributed by atoms with Crippen molar-refractivity contribution in [3.05, 3.63) is 163 Å². The second-order valence-corrected chi connectivity index (χ2v) is 15.2. The van der Waals surface area contributed by atoms with Gasteiger partial charge in [-0.05, 0) is 101 Å². The van der Waals surface area contributed by atoms with Gasteiger partial charge in [-0.3, -0.25) is 0 Å². The van der Waals surface area contributed by atoms with Crippen LogP contribution in [0.5, 0.6) is 0 Å². The Morgan fingerprint density at radius 3 is 1.51 bits per heavy atom. The maximum absolute atomic E-state index is 2.41. The quantitative estimate of drug-likeness (QED) is 0.183. The molecule has 0 atom stereocenters. The van der Waals surface area contributed by atoms with Crippen LogP contribution in [0, 0.1) is 0 Å². The summed E-state index contributed by atoms with van der Waals surface area (Å²) in [6.45, 7) is 13.6. The SMILES string of the molecule is CC(C)(C)c1ccc(N(c2ccc(-n3ccc4c3ccc3c5ccccc5n(-c5ccccc5)c34)cc2)c2ccc(C(C)(C)C)cc2)cc1. The summed E-state index contributed by atoms with van der Waals surface area (Å²) in [4.78, 5) is 2.36. The first kappa shape index (κ1) is 30.8. The average Bonchev–Trinajstić information content (AvgIpc) is 3.68. The smallest absolute Gasteiger partial charge is 0.0635 e. The minimum atomic E-state index is 0.0972. The van der Waals surface area contributed by atoms with Crippen LogP contribution in [0.2, 0.25) is 0 Å². The van der Waals surface area contributed by atoms with Gasteiger partial charge in [0.1, 0.15) is 0 Å². The van der Waals surface area contributed by atoms with Crippen LogP contribution >= 0.6 is 0 Å². The third-order valence-electron chi connectivity index (χ3n) is 9.89. The molecule has 8 rings (SSSR count). The molecular formula is C46H43N3. The lowest BCUT2D eigenvalue weighted by Crippen LogP contribution is -2.14. The van der Waals surface area contributed by atoms with E-state index in [-0.39, 0.29) is 10.8 Å². The lowest BCUT2D eigenvalue weighted by molar-refractivity contribution is 0.590. The maximum atomic E-state index is 2.41. The monoisotopic (exact) mass is 637 g/mol. The highest BCUT2D eigenvalue weighted by Crippen LogP contribution is 2.40. The van der Waals surface area contributed by atoms with E-state index in [9.17, 15) is 0 Å². The predicted molar refractivity (Wildman–Crippen MR) is 210 cm³/mol. The number of aromatic nitrogens is 2. The second kappa shape index (κ2) is 11.6. The standard InChI is InChI=1S/C46H43N3/c1-45(2,3)32-16-20-36(21-17-32)48(37-22-18-33(19-23-37)46(4,5)6)38-26-24-34(25-27-38)47-31-30-41-42(47)29-28-40-39-14-10-11-15-43(39)49(44(40)41)35-12-8-7-9-13-35/h7-31H,1-6H3. The summed E-state index contributed by atoms with van der Waals surface area (Å²) in [5, 5.41) is 3.78. The van der Waals surface area contributed by atoms with Gasteiger partial charge in [0, 0.05) is 50.8 Å². The molecule has 8 aromatic rings. The van der Waals surface area contributed by atoms with Crippen molar-refractivity contribution in [3.8, 4) is 11.4 Å². The number of hydrogen-bond acceptors (Lipinski definition) is 1. The van der Waals surface area contributed by atoms with Gasteiger partial charge in [-0.15, -0.1) is 0 Å². The van der Waals surface area contributed by atoms with Crippen LogP contribution in [0.3, 0.4) is 0 Å². The molecule has 0 aliphatic rings. The van der Waals surface area contributed by atoms with Crippen LogP contribution in [-0.2, 0) is 10.8 Å². The van der Waals surface area contributed by atoms with Gasteiger partial charge < -0.3 is 14.0 Å². The van der Waals surface area contributed by atoms with Crippen molar-refractivity contribution in [1.82, 2.24) is 9.13 Å². The van der Waals surface area contributed by atoms with Crippen LogP contribution in [0.4, 0.5) is 17.1 Å². The molecule has 0 saturated heterocycles. The summed E-state index contributed by atoms with van der Waals surface area (Å²) in [5.74, 6) is 0. The summed E-state index contributed by atoms with van der Waals surface area (Å²) >= 11 is 0. The summed E-state index contributed by atoms with van der Waals surface area (Å²) < 4.78 is 4.72. The Hall–Kier alpha value is -5.54. The molecule has 0 bridgehead atoms. The van der Waals surface area contributed by atoms with Crippen molar-refractivity contribution in [1.29, 1.82) is 0 Å². The average molecular weight is 638 g/mol. The molecule has 3 heteroatoms. The molecule has 6 aromatic carbocycles. The molecule has 0 amide bonds.